The number of likely N-dealkylation sites (N-methyl/N-ethyl adjacent to an activating group) is 1. The summed E-state index contributed by atoms with van der Waals surface area (Å²) in [4.78, 5) is 13.1. The summed E-state index contributed by atoms with van der Waals surface area (Å²) in [6.07, 6.45) is 1.07. The molecule has 18 heavy (non-hydrogen) atoms. The maximum atomic E-state index is 11.8. The lowest BCUT2D eigenvalue weighted by atomic mass is 10.2. The fourth-order valence-electron chi connectivity index (χ4n) is 1.44. The molecule has 0 atom stereocenters. The Morgan fingerprint density at radius 1 is 1.50 bits per heavy atom. The molecule has 0 aromatic rings. The molecule has 0 bridgehead atoms. The zero-order valence-electron chi connectivity index (χ0n) is 10.9. The van der Waals surface area contributed by atoms with E-state index in [1.54, 1.807) is 14.1 Å². The highest BCUT2D eigenvalue weighted by atomic mass is 32.2. The number of hydrogen-bond acceptors (Lipinski definition) is 4. The predicted octanol–water partition coefficient (Wildman–Crippen LogP) is -0.258. The highest BCUT2D eigenvalue weighted by Crippen LogP contribution is 2.16. The van der Waals surface area contributed by atoms with Crippen molar-refractivity contribution >= 4 is 22.0 Å². The predicted molar refractivity (Wildman–Crippen MR) is 68.1 cm³/mol. The van der Waals surface area contributed by atoms with E-state index in [2.05, 4.69) is 4.72 Å². The lowest BCUT2D eigenvalue weighted by Crippen LogP contribution is -2.50. The highest BCUT2D eigenvalue weighted by Gasteiger charge is 2.34. The van der Waals surface area contributed by atoms with Crippen LogP contribution in [-0.2, 0) is 15.0 Å². The van der Waals surface area contributed by atoms with Crippen molar-refractivity contribution < 1.29 is 13.2 Å². The zero-order valence-corrected chi connectivity index (χ0v) is 11.7. The van der Waals surface area contributed by atoms with Crippen molar-refractivity contribution in [3.63, 3.8) is 0 Å². The van der Waals surface area contributed by atoms with Crippen molar-refractivity contribution in [1.82, 2.24) is 13.9 Å². The number of nitrogens with one attached hydrogen (secondary N) is 2. The summed E-state index contributed by atoms with van der Waals surface area (Å²) < 4.78 is 26.6. The van der Waals surface area contributed by atoms with Gasteiger partial charge in [0.15, 0.2) is 0 Å². The van der Waals surface area contributed by atoms with Gasteiger partial charge >= 0.3 is 10.2 Å². The van der Waals surface area contributed by atoms with Gasteiger partial charge in [-0.1, -0.05) is 13.8 Å². The fraction of sp³-hybridized carbons (Fsp3) is 0.600. The molecule has 0 radical (unpaired) electrons. The Hall–Kier alpha value is -1.57. The van der Waals surface area contributed by atoms with Gasteiger partial charge in [-0.15, -0.1) is 0 Å². The Kier molecular flexibility index (Phi) is 4.00. The van der Waals surface area contributed by atoms with Crippen LogP contribution in [0.3, 0.4) is 0 Å². The molecular weight excluding hydrogens is 256 g/mol. The molecule has 102 valence electrons. The van der Waals surface area contributed by atoms with Gasteiger partial charge in [0.1, 0.15) is 5.84 Å². The molecule has 0 spiro atoms. The second kappa shape index (κ2) is 4.97. The summed E-state index contributed by atoms with van der Waals surface area (Å²) in [6, 6.07) is 0. The first-order valence-electron chi connectivity index (χ1n) is 5.47. The van der Waals surface area contributed by atoms with Crippen LogP contribution in [0.4, 0.5) is 0 Å². The summed E-state index contributed by atoms with van der Waals surface area (Å²) in [5, 5.41) is 7.87. The summed E-state index contributed by atoms with van der Waals surface area (Å²) >= 11 is 0. The Bertz CT molecular complexity index is 493. The minimum absolute atomic E-state index is 0.0375. The van der Waals surface area contributed by atoms with Crippen LogP contribution in [0.5, 0.6) is 0 Å². The van der Waals surface area contributed by atoms with Crippen LogP contribution in [-0.4, -0.2) is 50.0 Å². The van der Waals surface area contributed by atoms with Crippen molar-refractivity contribution in [2.45, 2.75) is 13.8 Å². The van der Waals surface area contributed by atoms with Crippen LogP contribution in [0.25, 0.3) is 0 Å². The van der Waals surface area contributed by atoms with E-state index in [1.807, 2.05) is 13.8 Å². The van der Waals surface area contributed by atoms with E-state index in [9.17, 15) is 13.2 Å². The Balaban J connectivity index is 3.12. The van der Waals surface area contributed by atoms with Crippen molar-refractivity contribution in [3.8, 4) is 0 Å². The maximum absolute atomic E-state index is 11.8. The first kappa shape index (κ1) is 14.5. The third kappa shape index (κ3) is 2.81. The third-order valence-electron chi connectivity index (χ3n) is 2.31. The van der Waals surface area contributed by atoms with E-state index in [4.69, 9.17) is 5.41 Å². The average Bonchev–Trinajstić information content (AvgIpc) is 2.23. The van der Waals surface area contributed by atoms with Crippen LogP contribution in [0, 0.1) is 11.3 Å². The molecule has 1 aliphatic rings. The van der Waals surface area contributed by atoms with Crippen LogP contribution in [0.2, 0.25) is 0 Å². The number of amides is 1. The summed E-state index contributed by atoms with van der Waals surface area (Å²) in [5.74, 6) is -0.645. The van der Waals surface area contributed by atoms with Gasteiger partial charge in [-0.05, 0) is 5.92 Å². The molecule has 0 saturated carbocycles. The first-order valence-corrected chi connectivity index (χ1v) is 6.91. The molecule has 2 N–H and O–H groups in total. The molecule has 0 saturated heterocycles. The van der Waals surface area contributed by atoms with Crippen LogP contribution in [0.1, 0.15) is 13.8 Å². The molecular formula is C10H18N4O3S. The van der Waals surface area contributed by atoms with Gasteiger partial charge < -0.3 is 4.90 Å². The van der Waals surface area contributed by atoms with E-state index in [0.717, 1.165) is 10.5 Å². The van der Waals surface area contributed by atoms with Gasteiger partial charge in [-0.2, -0.15) is 8.42 Å². The van der Waals surface area contributed by atoms with Gasteiger partial charge in [0.2, 0.25) is 0 Å². The molecule has 1 heterocycles. The molecule has 0 aromatic carbocycles. The molecule has 0 unspecified atom stereocenters. The standard InChI is InChI=1S/C10H18N4O3S/c1-7(2)6-14-9(11)8(10(15)13(3)4)5-12-18(14,16)17/h5,7,11-12H,6H2,1-4H3. The van der Waals surface area contributed by atoms with E-state index < -0.39 is 16.1 Å². The first-order chi connectivity index (χ1) is 8.16. The van der Waals surface area contributed by atoms with Gasteiger partial charge in [-0.3, -0.25) is 14.9 Å². The van der Waals surface area contributed by atoms with E-state index in [1.165, 1.54) is 4.90 Å². The maximum Gasteiger partial charge on any atom is 0.324 e. The van der Waals surface area contributed by atoms with Crippen LogP contribution >= 0.6 is 0 Å². The number of carbonyl (C=O) groups excluding carboxylic acids is 1. The summed E-state index contributed by atoms with van der Waals surface area (Å²) in [7, 11) is -0.652. The average molecular weight is 274 g/mol. The summed E-state index contributed by atoms with van der Waals surface area (Å²) in [6.45, 7) is 3.84. The minimum Gasteiger partial charge on any atom is -0.345 e. The number of carbonyl (C=O) groups is 1. The van der Waals surface area contributed by atoms with E-state index in [-0.39, 0.29) is 23.9 Å². The topological polar surface area (TPSA) is 93.6 Å². The number of hydrogen-bond donors (Lipinski definition) is 2. The number of rotatable bonds is 3. The molecule has 8 heteroatoms. The molecule has 7 nitrogen and oxygen atoms in total. The minimum atomic E-state index is -3.75. The van der Waals surface area contributed by atoms with Gasteiger partial charge in [0, 0.05) is 26.8 Å². The van der Waals surface area contributed by atoms with Crippen LogP contribution in [0.15, 0.2) is 11.8 Å². The molecule has 1 rings (SSSR count). The van der Waals surface area contributed by atoms with Crippen molar-refractivity contribution in [2.24, 2.45) is 5.92 Å². The fourth-order valence-corrected chi connectivity index (χ4v) is 2.67. The highest BCUT2D eigenvalue weighted by molar-refractivity contribution is 7.87. The van der Waals surface area contributed by atoms with Crippen molar-refractivity contribution in [1.29, 1.82) is 5.41 Å². The lowest BCUT2D eigenvalue weighted by Gasteiger charge is -2.30. The van der Waals surface area contributed by atoms with E-state index in [0.29, 0.717) is 0 Å². The Morgan fingerprint density at radius 3 is 2.50 bits per heavy atom. The van der Waals surface area contributed by atoms with E-state index >= 15 is 0 Å². The molecule has 0 aromatic heterocycles. The molecule has 0 aliphatic carbocycles. The van der Waals surface area contributed by atoms with Gasteiger partial charge in [0.25, 0.3) is 5.91 Å². The molecule has 0 fully saturated rings. The zero-order chi connectivity index (χ0) is 14.1. The van der Waals surface area contributed by atoms with Gasteiger partial charge in [-0.25, -0.2) is 4.31 Å². The smallest absolute Gasteiger partial charge is 0.324 e. The second-order valence-corrected chi connectivity index (χ2v) is 6.28. The lowest BCUT2D eigenvalue weighted by molar-refractivity contribution is -0.124. The van der Waals surface area contributed by atoms with Gasteiger partial charge in [0.05, 0.1) is 5.57 Å². The second-order valence-electron chi connectivity index (χ2n) is 4.65. The SMILES string of the molecule is CC(C)CN1C(=N)C(C(=O)N(C)C)=CNS1(=O)=O. The normalized spacial score (nSPS) is 18.4. The summed E-state index contributed by atoms with van der Waals surface area (Å²) in [5.41, 5.74) is 0.0375. The third-order valence-corrected chi connectivity index (χ3v) is 3.64. The monoisotopic (exact) mass is 274 g/mol. The number of nitrogens with zero attached hydrogens (tertiary/aromatic N) is 2. The Morgan fingerprint density at radius 2 is 2.06 bits per heavy atom. The quantitative estimate of drug-likeness (QED) is 0.742. The van der Waals surface area contributed by atoms with Crippen LogP contribution < -0.4 is 4.72 Å². The molecule has 1 amide bonds. The Labute approximate surface area is 107 Å². The largest absolute Gasteiger partial charge is 0.345 e. The van der Waals surface area contributed by atoms with Crippen molar-refractivity contribution in [2.75, 3.05) is 20.6 Å². The molecule has 1 aliphatic heterocycles. The van der Waals surface area contributed by atoms with Crippen molar-refractivity contribution in [3.05, 3.63) is 11.8 Å². The number of amidine groups is 1.